The molecule has 0 aliphatic heterocycles. The number of benzene rings is 2. The van der Waals surface area contributed by atoms with Crippen LogP contribution in [-0.4, -0.2) is 33.1 Å². The van der Waals surface area contributed by atoms with Crippen molar-refractivity contribution in [1.29, 1.82) is 0 Å². The third-order valence-electron chi connectivity index (χ3n) is 4.85. The van der Waals surface area contributed by atoms with Gasteiger partial charge < -0.3 is 15.2 Å². The number of alkyl halides is 3. The molecule has 0 radical (unpaired) electrons. The highest BCUT2D eigenvalue weighted by Crippen LogP contribution is 2.35. The number of carbonyl (C=O) groups excluding carboxylic acids is 1. The van der Waals surface area contributed by atoms with Crippen molar-refractivity contribution in [2.45, 2.75) is 31.8 Å². The quantitative estimate of drug-likeness (QED) is 0.536. The number of hydrogen-bond acceptors (Lipinski definition) is 5. The number of ether oxygens (including phenoxy) is 1. The van der Waals surface area contributed by atoms with Crippen LogP contribution in [0.1, 0.15) is 25.0 Å². The van der Waals surface area contributed by atoms with Crippen molar-refractivity contribution in [2.24, 2.45) is 11.8 Å². The molecule has 1 amide bonds. The molecule has 0 saturated carbocycles. The summed E-state index contributed by atoms with van der Waals surface area (Å²) in [6.07, 6.45) is -4.63. The summed E-state index contributed by atoms with van der Waals surface area (Å²) in [4.78, 5) is 12.0. The number of halogens is 3. The molecule has 2 aromatic rings. The summed E-state index contributed by atoms with van der Waals surface area (Å²) < 4.78 is 72.3. The third kappa shape index (κ3) is 5.92. The van der Waals surface area contributed by atoms with Crippen molar-refractivity contribution in [1.82, 2.24) is 0 Å². The molecule has 0 heterocycles. The zero-order valence-corrected chi connectivity index (χ0v) is 18.8. The third-order valence-corrected chi connectivity index (χ3v) is 6.27. The Bertz CT molecular complexity index is 1090. The lowest BCUT2D eigenvalue weighted by Crippen LogP contribution is -2.29. The molecular formula is C21H25F3N2O5S. The van der Waals surface area contributed by atoms with Crippen LogP contribution in [0.15, 0.2) is 41.3 Å². The number of nitrogens with one attached hydrogen (secondary N) is 2. The Labute approximate surface area is 184 Å². The lowest BCUT2D eigenvalue weighted by atomic mass is 9.96. The van der Waals surface area contributed by atoms with Gasteiger partial charge in [-0.3, -0.25) is 9.52 Å². The van der Waals surface area contributed by atoms with Gasteiger partial charge in [-0.05, 0) is 42.7 Å². The Morgan fingerprint density at radius 3 is 2.28 bits per heavy atom. The molecule has 32 heavy (non-hydrogen) atoms. The minimum absolute atomic E-state index is 0.0410. The predicted octanol–water partition coefficient (Wildman–Crippen LogP) is 4.03. The fourth-order valence-corrected chi connectivity index (χ4v) is 4.20. The lowest BCUT2D eigenvalue weighted by Gasteiger charge is -2.19. The van der Waals surface area contributed by atoms with Crippen LogP contribution >= 0.6 is 0 Å². The van der Waals surface area contributed by atoms with E-state index >= 15 is 0 Å². The maximum atomic E-state index is 13.1. The zero-order chi connectivity index (χ0) is 24.3. The SMILES string of the molecule is COc1cc(NC(=O)[C@@H](CO)C(C)C)ccc1S(=O)(=O)Nc1ccc(C)c(C(F)(F)F)c1. The van der Waals surface area contributed by atoms with Crippen molar-refractivity contribution >= 4 is 27.3 Å². The molecule has 2 aromatic carbocycles. The number of amides is 1. The molecule has 176 valence electrons. The van der Waals surface area contributed by atoms with Crippen LogP contribution in [0.2, 0.25) is 0 Å². The van der Waals surface area contributed by atoms with E-state index in [0.717, 1.165) is 6.07 Å². The smallest absolute Gasteiger partial charge is 0.416 e. The molecule has 11 heteroatoms. The molecule has 0 bridgehead atoms. The number of carbonyl (C=O) groups is 1. The van der Waals surface area contributed by atoms with Crippen LogP contribution in [0.4, 0.5) is 24.5 Å². The Morgan fingerprint density at radius 1 is 1.12 bits per heavy atom. The fraction of sp³-hybridized carbons (Fsp3) is 0.381. The van der Waals surface area contributed by atoms with E-state index in [1.807, 2.05) is 0 Å². The van der Waals surface area contributed by atoms with Crippen molar-refractivity contribution in [3.05, 3.63) is 47.5 Å². The minimum Gasteiger partial charge on any atom is -0.495 e. The second-order valence-corrected chi connectivity index (χ2v) is 9.17. The van der Waals surface area contributed by atoms with Gasteiger partial charge in [-0.2, -0.15) is 13.2 Å². The van der Waals surface area contributed by atoms with Gasteiger partial charge >= 0.3 is 6.18 Å². The van der Waals surface area contributed by atoms with Crippen LogP contribution in [0.3, 0.4) is 0 Å². The van der Waals surface area contributed by atoms with Gasteiger partial charge in [0.05, 0.1) is 25.2 Å². The zero-order valence-electron chi connectivity index (χ0n) is 17.9. The first-order valence-electron chi connectivity index (χ1n) is 9.60. The average molecular weight is 475 g/mol. The average Bonchev–Trinajstić information content (AvgIpc) is 2.68. The summed E-state index contributed by atoms with van der Waals surface area (Å²) in [6, 6.07) is 6.87. The summed E-state index contributed by atoms with van der Waals surface area (Å²) >= 11 is 0. The van der Waals surface area contributed by atoms with Gasteiger partial charge in [0.1, 0.15) is 10.6 Å². The number of aliphatic hydroxyl groups excluding tert-OH is 1. The van der Waals surface area contributed by atoms with Gasteiger partial charge in [0.15, 0.2) is 0 Å². The summed E-state index contributed by atoms with van der Waals surface area (Å²) in [5.74, 6) is -1.35. The molecule has 0 fully saturated rings. The number of anilines is 2. The Hall–Kier alpha value is -2.79. The number of aliphatic hydroxyl groups is 1. The van der Waals surface area contributed by atoms with E-state index in [1.165, 1.54) is 44.4 Å². The highest BCUT2D eigenvalue weighted by atomic mass is 32.2. The van der Waals surface area contributed by atoms with Crippen molar-refractivity contribution in [2.75, 3.05) is 23.8 Å². The van der Waals surface area contributed by atoms with Gasteiger partial charge in [-0.25, -0.2) is 8.42 Å². The molecule has 7 nitrogen and oxygen atoms in total. The second-order valence-electron chi connectivity index (χ2n) is 7.52. The van der Waals surface area contributed by atoms with Crippen molar-refractivity contribution in [3.8, 4) is 5.75 Å². The van der Waals surface area contributed by atoms with Crippen LogP contribution in [-0.2, 0) is 21.0 Å². The molecule has 3 N–H and O–H groups in total. The molecule has 1 atom stereocenters. The second kappa shape index (κ2) is 9.78. The van der Waals surface area contributed by atoms with E-state index in [1.54, 1.807) is 13.8 Å². The Morgan fingerprint density at radius 2 is 1.75 bits per heavy atom. The van der Waals surface area contributed by atoms with Crippen molar-refractivity contribution in [3.63, 3.8) is 0 Å². The maximum Gasteiger partial charge on any atom is 0.416 e. The molecule has 2 rings (SSSR count). The number of hydrogen-bond donors (Lipinski definition) is 3. The largest absolute Gasteiger partial charge is 0.495 e. The van der Waals surface area contributed by atoms with Gasteiger partial charge in [-0.15, -0.1) is 0 Å². The summed E-state index contributed by atoms with van der Waals surface area (Å²) in [5, 5.41) is 12.0. The van der Waals surface area contributed by atoms with E-state index in [4.69, 9.17) is 4.74 Å². The van der Waals surface area contributed by atoms with Crippen LogP contribution in [0, 0.1) is 18.8 Å². The molecule has 0 aromatic heterocycles. The monoisotopic (exact) mass is 474 g/mol. The summed E-state index contributed by atoms with van der Waals surface area (Å²) in [6.45, 7) is 4.47. The number of aryl methyl sites for hydroxylation is 1. The van der Waals surface area contributed by atoms with Gasteiger partial charge in [0.2, 0.25) is 5.91 Å². The van der Waals surface area contributed by atoms with E-state index in [9.17, 15) is 31.5 Å². The van der Waals surface area contributed by atoms with Crippen LogP contribution in [0.5, 0.6) is 5.75 Å². The first-order chi connectivity index (χ1) is 14.8. The maximum absolute atomic E-state index is 13.1. The Balaban J connectivity index is 2.34. The molecule has 0 unspecified atom stereocenters. The van der Waals surface area contributed by atoms with Crippen LogP contribution < -0.4 is 14.8 Å². The predicted molar refractivity (Wildman–Crippen MR) is 114 cm³/mol. The summed E-state index contributed by atoms with van der Waals surface area (Å²) in [7, 11) is -3.09. The normalized spacial score (nSPS) is 13.0. The van der Waals surface area contributed by atoms with E-state index in [0.29, 0.717) is 0 Å². The summed E-state index contributed by atoms with van der Waals surface area (Å²) in [5.41, 5.74) is -1.02. The van der Waals surface area contributed by atoms with Gasteiger partial charge in [-0.1, -0.05) is 19.9 Å². The highest BCUT2D eigenvalue weighted by molar-refractivity contribution is 7.92. The minimum atomic E-state index is -4.63. The van der Waals surface area contributed by atoms with Crippen molar-refractivity contribution < 1.29 is 36.2 Å². The number of sulfonamides is 1. The van der Waals surface area contributed by atoms with E-state index in [2.05, 4.69) is 10.0 Å². The highest BCUT2D eigenvalue weighted by Gasteiger charge is 2.33. The lowest BCUT2D eigenvalue weighted by molar-refractivity contribution is -0.138. The topological polar surface area (TPSA) is 105 Å². The molecular weight excluding hydrogens is 449 g/mol. The molecule has 0 aliphatic rings. The molecule has 0 spiro atoms. The van der Waals surface area contributed by atoms with Crippen LogP contribution in [0.25, 0.3) is 0 Å². The van der Waals surface area contributed by atoms with E-state index < -0.39 is 33.6 Å². The van der Waals surface area contributed by atoms with Gasteiger partial charge in [0.25, 0.3) is 10.0 Å². The number of rotatable bonds is 8. The standard InChI is InChI=1S/C21H25F3N2O5S/c1-12(2)16(11-27)20(28)25-14-7-8-19(18(10-14)31-4)32(29,30)26-15-6-5-13(3)17(9-15)21(22,23)24/h5-10,12,16,26-27H,11H2,1-4H3,(H,25,28)/t16-/m0/s1. The fourth-order valence-electron chi connectivity index (χ4n) is 3.00. The van der Waals surface area contributed by atoms with Gasteiger partial charge in [0, 0.05) is 17.4 Å². The molecule has 0 saturated heterocycles. The Kier molecular flexibility index (Phi) is 7.79. The van der Waals surface area contributed by atoms with E-state index in [-0.39, 0.29) is 40.1 Å². The molecule has 0 aliphatic carbocycles. The first kappa shape index (κ1) is 25.5. The number of methoxy groups -OCH3 is 1. The first-order valence-corrected chi connectivity index (χ1v) is 11.1.